The van der Waals surface area contributed by atoms with Crippen LogP contribution >= 0.6 is 15.6 Å². The molecule has 1 unspecified atom stereocenters. The summed E-state index contributed by atoms with van der Waals surface area (Å²) < 4.78 is 29.1. The average Bonchev–Trinajstić information content (AvgIpc) is 2.51. The molecule has 0 fully saturated rings. The maximum Gasteiger partial charge on any atom is 0.272 e. The lowest BCUT2D eigenvalue weighted by molar-refractivity contribution is -0.339. The zero-order valence-corrected chi connectivity index (χ0v) is 22.8. The molecule has 12 N–H and O–H groups in total. The van der Waals surface area contributed by atoms with Gasteiger partial charge < -0.3 is 42.2 Å². The van der Waals surface area contributed by atoms with E-state index in [0.29, 0.717) is 6.42 Å². The largest absolute Gasteiger partial charge is 0.790 e. The summed E-state index contributed by atoms with van der Waals surface area (Å²) in [7, 11) is -10.8. The van der Waals surface area contributed by atoms with Gasteiger partial charge in [-0.2, -0.15) is 0 Å². The minimum atomic E-state index is -5.64. The molecule has 12 heteroatoms. The van der Waals surface area contributed by atoms with Crippen molar-refractivity contribution >= 4 is 15.6 Å². The summed E-state index contributed by atoms with van der Waals surface area (Å²) >= 11 is 0. The van der Waals surface area contributed by atoms with Gasteiger partial charge in [0.1, 0.15) is 0 Å². The summed E-state index contributed by atoms with van der Waals surface area (Å²) in [6.07, 6.45) is 13.9. The Morgan fingerprint density at radius 3 is 1.44 bits per heavy atom. The molecule has 0 aliphatic carbocycles. The van der Waals surface area contributed by atoms with Crippen LogP contribution < -0.4 is 33.1 Å². The summed E-state index contributed by atoms with van der Waals surface area (Å²) in [6, 6.07) is 0. The minimum absolute atomic E-state index is 0. The summed E-state index contributed by atoms with van der Waals surface area (Å²) in [6.45, 7) is 9.89. The average molecular weight is 502 g/mol. The third-order valence-corrected chi connectivity index (χ3v) is 6.08. The second-order valence-corrected chi connectivity index (χ2v) is 10.0. The molecule has 0 saturated heterocycles. The van der Waals surface area contributed by atoms with Crippen LogP contribution in [0.3, 0.4) is 0 Å². The van der Waals surface area contributed by atoms with Crippen LogP contribution in [0.2, 0.25) is 0 Å². The van der Waals surface area contributed by atoms with E-state index in [0.717, 1.165) is 37.7 Å². The van der Waals surface area contributed by atoms with E-state index in [1.807, 2.05) is 6.92 Å². The first kappa shape index (κ1) is 38.4. The van der Waals surface area contributed by atoms with E-state index in [4.69, 9.17) is 0 Å². The molecule has 0 aliphatic heterocycles. The molecule has 0 aliphatic rings. The van der Waals surface area contributed by atoms with Gasteiger partial charge in [-0.1, -0.05) is 46.6 Å². The lowest BCUT2D eigenvalue weighted by atomic mass is 10.0. The maximum atomic E-state index is 11.1. The van der Waals surface area contributed by atoms with Crippen LogP contribution in [0.5, 0.6) is 0 Å². The van der Waals surface area contributed by atoms with Crippen molar-refractivity contribution in [2.75, 3.05) is 6.61 Å². The molecule has 0 aromatic carbocycles. The number of hydrogen-bond donors (Lipinski definition) is 3. The summed E-state index contributed by atoms with van der Waals surface area (Å²) in [5.41, 5.74) is 4.93. The third-order valence-electron chi connectivity index (χ3n) is 4.02. The molecule has 0 aromatic heterocycles. The Balaban J connectivity index is -0.00000131. The summed E-state index contributed by atoms with van der Waals surface area (Å²) in [4.78, 5) is 31.7. The van der Waals surface area contributed by atoms with Crippen LogP contribution in [0.15, 0.2) is 46.6 Å². The zero-order valence-electron chi connectivity index (χ0n) is 21.0. The smallest absolute Gasteiger partial charge is 0.272 e. The molecule has 0 radical (unpaired) electrons. The number of phosphoric ester groups is 1. The molecule has 192 valence electrons. The predicted octanol–water partition coefficient (Wildman–Crippen LogP) is 5.59. The van der Waals surface area contributed by atoms with Crippen LogP contribution in [0.4, 0.5) is 0 Å². The van der Waals surface area contributed by atoms with E-state index in [-0.39, 0.29) is 25.1 Å². The topological polar surface area (TPSA) is 231 Å². The Hall–Kier alpha value is -0.900. The van der Waals surface area contributed by atoms with E-state index in [1.165, 1.54) is 22.8 Å². The van der Waals surface area contributed by atoms with Crippen LogP contribution in [0, 0.1) is 0 Å². The molecule has 0 spiro atoms. The molecular formula is C20H45N3O7P2. The van der Waals surface area contributed by atoms with Crippen molar-refractivity contribution in [3.8, 4) is 0 Å². The van der Waals surface area contributed by atoms with Crippen LogP contribution in [0.25, 0.3) is 0 Å². The summed E-state index contributed by atoms with van der Waals surface area (Å²) in [5.74, 6) is 0. The molecule has 1 atom stereocenters. The fourth-order valence-electron chi connectivity index (χ4n) is 2.40. The Morgan fingerprint density at radius 2 is 1.06 bits per heavy atom. The van der Waals surface area contributed by atoms with E-state index >= 15 is 0 Å². The highest BCUT2D eigenvalue weighted by molar-refractivity contribution is 7.58. The number of phosphoric acid groups is 2. The summed E-state index contributed by atoms with van der Waals surface area (Å²) in [5, 5.41) is 0. The van der Waals surface area contributed by atoms with Gasteiger partial charge in [0.15, 0.2) is 0 Å². The van der Waals surface area contributed by atoms with Gasteiger partial charge in [0.25, 0.3) is 7.82 Å². The first-order valence-electron chi connectivity index (χ1n) is 9.60. The minimum Gasteiger partial charge on any atom is -0.790 e. The van der Waals surface area contributed by atoms with E-state index in [1.54, 1.807) is 0 Å². The van der Waals surface area contributed by atoms with Crippen molar-refractivity contribution in [1.29, 1.82) is 0 Å². The number of rotatable bonds is 14. The normalized spacial score (nSPS) is 14.4. The molecule has 0 saturated carbocycles. The molecule has 32 heavy (non-hydrogen) atoms. The Morgan fingerprint density at radius 1 is 0.688 bits per heavy atom. The maximum absolute atomic E-state index is 11.1. The molecule has 10 nitrogen and oxygen atoms in total. The second-order valence-electron chi connectivity index (χ2n) is 7.32. The standard InChI is InChI=1S/C20H36O7P2.3H3N/c1-17(2)9-6-10-18(3)11-7-12-19(4)13-8-14-20(5)15-16-26-29(24,25)27-28(21,22)23;;;/h9,11,13,15H,6-8,10,12,14,16H2,1-5H3,(H,24,25)(H2,21,22,23);3*1H3/b18-11?,19-13+,20-15+;;;. The van der Waals surface area contributed by atoms with Crippen molar-refractivity contribution in [1.82, 2.24) is 18.5 Å². The highest BCUT2D eigenvalue weighted by atomic mass is 31.3. The van der Waals surface area contributed by atoms with Crippen molar-refractivity contribution in [2.45, 2.75) is 73.1 Å². The van der Waals surface area contributed by atoms with Gasteiger partial charge in [-0.05, 0) is 73.1 Å². The van der Waals surface area contributed by atoms with Gasteiger partial charge in [-0.15, -0.1) is 0 Å². The van der Waals surface area contributed by atoms with Gasteiger partial charge >= 0.3 is 0 Å². The van der Waals surface area contributed by atoms with E-state index < -0.39 is 15.6 Å². The van der Waals surface area contributed by atoms with Gasteiger partial charge in [-0.3, -0.25) is 8.88 Å². The predicted molar refractivity (Wildman–Crippen MR) is 129 cm³/mol. The molecule has 0 bridgehead atoms. The second kappa shape index (κ2) is 19.6. The van der Waals surface area contributed by atoms with Gasteiger partial charge in [0.2, 0.25) is 0 Å². The molecule has 0 rings (SSSR count). The lowest BCUT2D eigenvalue weighted by Gasteiger charge is -2.34. The van der Waals surface area contributed by atoms with Crippen molar-refractivity contribution in [3.63, 3.8) is 0 Å². The number of quaternary nitrogens is 3. The van der Waals surface area contributed by atoms with Crippen LogP contribution in [-0.4, -0.2) is 6.61 Å². The van der Waals surface area contributed by atoms with E-state index in [2.05, 4.69) is 54.8 Å². The van der Waals surface area contributed by atoms with Gasteiger partial charge in [0.05, 0.1) is 14.4 Å². The highest BCUT2D eigenvalue weighted by Gasteiger charge is 2.10. The van der Waals surface area contributed by atoms with Gasteiger partial charge in [-0.25, -0.2) is 0 Å². The van der Waals surface area contributed by atoms with Crippen molar-refractivity contribution < 1.29 is 32.6 Å². The highest BCUT2D eigenvalue weighted by Crippen LogP contribution is 2.50. The Bertz CT molecular complexity index is 725. The molecular weight excluding hydrogens is 456 g/mol. The fraction of sp³-hybridized carbons (Fsp3) is 0.600. The van der Waals surface area contributed by atoms with Crippen molar-refractivity contribution in [3.05, 3.63) is 46.6 Å². The lowest BCUT2D eigenvalue weighted by Crippen LogP contribution is -2.19. The number of hydrogen-bond acceptors (Lipinski definition) is 7. The monoisotopic (exact) mass is 501 g/mol. The van der Waals surface area contributed by atoms with Crippen LogP contribution in [0.1, 0.15) is 73.1 Å². The molecule has 0 amide bonds. The number of allylic oxidation sites excluding steroid dienone is 7. The fourth-order valence-corrected chi connectivity index (χ4v) is 3.83. The first-order valence-corrected chi connectivity index (χ1v) is 12.5. The molecule has 0 heterocycles. The van der Waals surface area contributed by atoms with Gasteiger partial charge in [0, 0.05) is 0 Å². The van der Waals surface area contributed by atoms with Crippen LogP contribution in [-0.2, 0) is 18.0 Å². The zero-order chi connectivity index (χ0) is 22.5. The first-order chi connectivity index (χ1) is 13.3. The Kier molecular flexibility index (Phi) is 23.5. The quantitative estimate of drug-likeness (QED) is 0.201. The van der Waals surface area contributed by atoms with E-state index in [9.17, 15) is 23.8 Å². The van der Waals surface area contributed by atoms with Crippen molar-refractivity contribution in [2.24, 2.45) is 0 Å². The SMILES string of the molecule is CC(C)=CCCC(C)=CCC/C(C)=C/CC/C(C)=C/COP(=O)([O-])OP(=O)([O-])[O-].[NH4+].[NH4+].[NH4+]. The third kappa shape index (κ3) is 25.4. The Labute approximate surface area is 193 Å². The molecule has 0 aromatic rings.